The molecule has 0 aliphatic heterocycles. The van der Waals surface area contributed by atoms with Gasteiger partial charge in [0.2, 0.25) is 21.8 Å². The molecule has 0 amide bonds. The molecule has 3 aromatic rings. The van der Waals surface area contributed by atoms with Gasteiger partial charge in [0.1, 0.15) is 11.6 Å². The SMILES string of the molecule is CC[C@H](Nc1cc(-c2nnc([C@](C)(N)Cc3ccccc3)o2)cc(N(C)S(C)(=O)=O)n1)C1C[C@@H]1C. The first kappa shape index (κ1) is 25.1. The molecule has 0 spiro atoms. The Morgan fingerprint density at radius 3 is 2.54 bits per heavy atom. The number of benzene rings is 1. The van der Waals surface area contributed by atoms with Crippen molar-refractivity contribution in [3.8, 4) is 11.5 Å². The summed E-state index contributed by atoms with van der Waals surface area (Å²) in [7, 11) is -2.04. The number of hydrogen-bond donors (Lipinski definition) is 2. The van der Waals surface area contributed by atoms with Crippen LogP contribution in [0.15, 0.2) is 46.9 Å². The Morgan fingerprint density at radius 1 is 1.26 bits per heavy atom. The van der Waals surface area contributed by atoms with E-state index in [0.717, 1.165) is 22.5 Å². The zero-order valence-electron chi connectivity index (χ0n) is 20.9. The molecule has 3 N–H and O–H groups in total. The number of sulfonamides is 1. The van der Waals surface area contributed by atoms with Crippen LogP contribution in [-0.4, -0.2) is 42.9 Å². The van der Waals surface area contributed by atoms with Gasteiger partial charge >= 0.3 is 0 Å². The molecule has 0 bridgehead atoms. The molecule has 1 aliphatic carbocycles. The summed E-state index contributed by atoms with van der Waals surface area (Å²) < 4.78 is 31.6. The highest BCUT2D eigenvalue weighted by atomic mass is 32.2. The van der Waals surface area contributed by atoms with E-state index in [0.29, 0.717) is 35.5 Å². The van der Waals surface area contributed by atoms with Crippen molar-refractivity contribution in [3.05, 3.63) is 53.9 Å². The second kappa shape index (κ2) is 9.58. The Bertz CT molecular complexity index is 1280. The normalized spacial score (nSPS) is 20.2. The highest BCUT2D eigenvalue weighted by Gasteiger charge is 2.39. The van der Waals surface area contributed by atoms with Crippen LogP contribution in [0.1, 0.15) is 45.1 Å². The lowest BCUT2D eigenvalue weighted by Gasteiger charge is -2.21. The highest BCUT2D eigenvalue weighted by molar-refractivity contribution is 7.92. The van der Waals surface area contributed by atoms with Crippen LogP contribution >= 0.6 is 0 Å². The summed E-state index contributed by atoms with van der Waals surface area (Å²) in [6.45, 7) is 6.22. The maximum absolute atomic E-state index is 12.2. The molecule has 0 radical (unpaired) electrons. The van der Waals surface area contributed by atoms with Crippen molar-refractivity contribution in [1.29, 1.82) is 0 Å². The molecule has 1 aromatic carbocycles. The Labute approximate surface area is 207 Å². The van der Waals surface area contributed by atoms with Crippen LogP contribution in [0, 0.1) is 11.8 Å². The zero-order valence-corrected chi connectivity index (χ0v) is 21.7. The molecule has 0 saturated heterocycles. The van der Waals surface area contributed by atoms with E-state index >= 15 is 0 Å². The third-order valence-electron chi connectivity index (χ3n) is 6.67. The predicted molar refractivity (Wildman–Crippen MR) is 137 cm³/mol. The van der Waals surface area contributed by atoms with Gasteiger partial charge in [0.05, 0.1) is 11.8 Å². The average molecular weight is 499 g/mol. The van der Waals surface area contributed by atoms with Gasteiger partial charge in [-0.1, -0.05) is 44.2 Å². The quantitative estimate of drug-likeness (QED) is 0.432. The molecule has 1 saturated carbocycles. The lowest BCUT2D eigenvalue weighted by atomic mass is 9.94. The summed E-state index contributed by atoms with van der Waals surface area (Å²) in [5.41, 5.74) is 7.31. The number of hydrogen-bond acceptors (Lipinski definition) is 8. The van der Waals surface area contributed by atoms with E-state index in [2.05, 4.69) is 34.3 Å². The molecule has 1 unspecified atom stereocenters. The molecule has 9 nitrogen and oxygen atoms in total. The fraction of sp³-hybridized carbons (Fsp3) is 0.480. The number of anilines is 2. The predicted octanol–water partition coefficient (Wildman–Crippen LogP) is 3.79. The summed E-state index contributed by atoms with van der Waals surface area (Å²) >= 11 is 0. The van der Waals surface area contributed by atoms with Crippen LogP contribution in [0.25, 0.3) is 11.5 Å². The van der Waals surface area contributed by atoms with E-state index in [4.69, 9.17) is 10.2 Å². The lowest BCUT2D eigenvalue weighted by molar-refractivity contribution is 0.355. The second-order valence-electron chi connectivity index (χ2n) is 9.86. The van der Waals surface area contributed by atoms with Crippen molar-refractivity contribution in [2.24, 2.45) is 17.6 Å². The van der Waals surface area contributed by atoms with Gasteiger partial charge in [-0.25, -0.2) is 13.4 Å². The number of aromatic nitrogens is 3. The summed E-state index contributed by atoms with van der Waals surface area (Å²) in [5.74, 6) is 2.64. The van der Waals surface area contributed by atoms with Gasteiger partial charge in [-0.15, -0.1) is 10.2 Å². The number of pyridine rings is 1. The Hall–Kier alpha value is -2.98. The molecule has 4 atom stereocenters. The van der Waals surface area contributed by atoms with Gasteiger partial charge in [0.25, 0.3) is 0 Å². The summed E-state index contributed by atoms with van der Waals surface area (Å²) in [4.78, 5) is 4.58. The van der Waals surface area contributed by atoms with Crippen molar-refractivity contribution < 1.29 is 12.8 Å². The minimum absolute atomic E-state index is 0.251. The summed E-state index contributed by atoms with van der Waals surface area (Å²) in [6, 6.07) is 13.6. The van der Waals surface area contributed by atoms with Crippen molar-refractivity contribution in [3.63, 3.8) is 0 Å². The topological polar surface area (TPSA) is 127 Å². The fourth-order valence-electron chi connectivity index (χ4n) is 4.32. The van der Waals surface area contributed by atoms with Crippen molar-refractivity contribution in [2.45, 2.75) is 51.6 Å². The minimum atomic E-state index is -3.51. The van der Waals surface area contributed by atoms with Crippen molar-refractivity contribution in [2.75, 3.05) is 22.9 Å². The fourth-order valence-corrected chi connectivity index (χ4v) is 4.76. The van der Waals surface area contributed by atoms with Gasteiger partial charge < -0.3 is 15.5 Å². The molecule has 1 fully saturated rings. The van der Waals surface area contributed by atoms with Crippen LogP contribution in [0.4, 0.5) is 11.6 Å². The monoisotopic (exact) mass is 498 g/mol. The number of nitrogens with one attached hydrogen (secondary N) is 1. The summed E-state index contributed by atoms with van der Waals surface area (Å²) in [5, 5.41) is 12.0. The molecule has 2 aromatic heterocycles. The molecule has 4 rings (SSSR count). The molecule has 10 heteroatoms. The van der Waals surface area contributed by atoms with Crippen molar-refractivity contribution >= 4 is 21.7 Å². The van der Waals surface area contributed by atoms with Crippen molar-refractivity contribution in [1.82, 2.24) is 15.2 Å². The van der Waals surface area contributed by atoms with Crippen LogP contribution in [0.2, 0.25) is 0 Å². The molecular formula is C25H34N6O3S. The molecule has 1 aliphatic rings. The maximum Gasteiger partial charge on any atom is 0.248 e. The van der Waals surface area contributed by atoms with Gasteiger partial charge in [-0.2, -0.15) is 0 Å². The highest BCUT2D eigenvalue weighted by Crippen LogP contribution is 2.42. The average Bonchev–Trinajstić information content (AvgIpc) is 3.31. The first-order valence-corrected chi connectivity index (χ1v) is 13.7. The Morgan fingerprint density at radius 2 is 1.94 bits per heavy atom. The van der Waals surface area contributed by atoms with E-state index in [-0.39, 0.29) is 17.8 Å². The standard InChI is InChI=1S/C25H34N6O3S/c1-6-20(19-12-16(19)2)27-21-13-18(14-22(28-21)31(4)35(5,32)33)23-29-30-24(34-23)25(3,26)15-17-10-8-7-9-11-17/h7-11,13-14,16,19-20H,6,12,15,26H2,1-5H3,(H,27,28)/t16-,19?,20-,25+/m0/s1. The smallest absolute Gasteiger partial charge is 0.248 e. The molecule has 2 heterocycles. The van der Waals surface area contributed by atoms with Crippen LogP contribution in [-0.2, 0) is 22.0 Å². The van der Waals surface area contributed by atoms with Gasteiger partial charge in [-0.3, -0.25) is 4.31 Å². The minimum Gasteiger partial charge on any atom is -0.419 e. The van der Waals surface area contributed by atoms with Gasteiger partial charge in [0.15, 0.2) is 0 Å². The Kier molecular flexibility index (Phi) is 6.88. The molecular weight excluding hydrogens is 464 g/mol. The first-order valence-electron chi connectivity index (χ1n) is 11.9. The first-order chi connectivity index (χ1) is 16.5. The second-order valence-corrected chi connectivity index (χ2v) is 11.9. The Balaban J connectivity index is 1.67. The van der Waals surface area contributed by atoms with Crippen LogP contribution in [0.5, 0.6) is 0 Å². The molecule has 35 heavy (non-hydrogen) atoms. The van der Waals surface area contributed by atoms with Gasteiger partial charge in [0, 0.05) is 18.7 Å². The van der Waals surface area contributed by atoms with E-state index < -0.39 is 15.6 Å². The van der Waals surface area contributed by atoms with Crippen LogP contribution in [0.3, 0.4) is 0 Å². The summed E-state index contributed by atoms with van der Waals surface area (Å²) in [6.07, 6.45) is 3.78. The van der Waals surface area contributed by atoms with E-state index in [1.165, 1.54) is 13.5 Å². The number of nitrogens with zero attached hydrogens (tertiary/aromatic N) is 4. The largest absolute Gasteiger partial charge is 0.419 e. The third kappa shape index (κ3) is 5.82. The third-order valence-corrected chi connectivity index (χ3v) is 7.85. The van der Waals surface area contributed by atoms with E-state index in [1.54, 1.807) is 6.07 Å². The van der Waals surface area contributed by atoms with E-state index in [9.17, 15) is 8.42 Å². The lowest BCUT2D eigenvalue weighted by Crippen LogP contribution is -2.35. The maximum atomic E-state index is 12.2. The van der Waals surface area contributed by atoms with Gasteiger partial charge in [-0.05, 0) is 55.7 Å². The van der Waals surface area contributed by atoms with E-state index in [1.807, 2.05) is 43.3 Å². The number of nitrogens with two attached hydrogens (primary N) is 1. The molecule has 188 valence electrons. The zero-order chi connectivity index (χ0) is 25.4. The van der Waals surface area contributed by atoms with Crippen LogP contribution < -0.4 is 15.4 Å². The number of rotatable bonds is 10.